The lowest BCUT2D eigenvalue weighted by atomic mass is 10.1. The van der Waals surface area contributed by atoms with Crippen LogP contribution in [0.2, 0.25) is 0 Å². The summed E-state index contributed by atoms with van der Waals surface area (Å²) in [6.07, 6.45) is 2.16. The second-order valence-electron chi connectivity index (χ2n) is 7.73. The molecule has 0 fully saturated rings. The fourth-order valence-electron chi connectivity index (χ4n) is 3.94. The van der Waals surface area contributed by atoms with Crippen LogP contribution in [0.3, 0.4) is 0 Å². The first-order valence-electron chi connectivity index (χ1n) is 10.1. The van der Waals surface area contributed by atoms with E-state index >= 15 is 0 Å². The Morgan fingerprint density at radius 2 is 1.60 bits per heavy atom. The van der Waals surface area contributed by atoms with Crippen LogP contribution in [0.25, 0.3) is 10.9 Å². The van der Waals surface area contributed by atoms with Crippen molar-refractivity contribution in [3.8, 4) is 0 Å². The number of carbonyl (C=O) groups is 1. The number of nitrogens with one attached hydrogen (secondary N) is 1. The Balaban J connectivity index is 1.51. The largest absolute Gasteiger partial charge is 0.342 e. The molecule has 1 heterocycles. The van der Waals surface area contributed by atoms with Crippen molar-refractivity contribution in [3.63, 3.8) is 0 Å². The third kappa shape index (κ3) is 4.44. The van der Waals surface area contributed by atoms with E-state index in [-0.39, 0.29) is 5.91 Å². The van der Waals surface area contributed by atoms with E-state index in [0.717, 1.165) is 28.3 Å². The van der Waals surface area contributed by atoms with Crippen molar-refractivity contribution in [3.05, 3.63) is 95.2 Å². The Morgan fingerprint density at radius 3 is 2.33 bits per heavy atom. The quantitative estimate of drug-likeness (QED) is 0.373. The SMILES string of the molecule is Cc1cc(C)c(NC(=O)CSc2cn(Cc3ccccc3)c3ccccc23)c(C)c1. The summed E-state index contributed by atoms with van der Waals surface area (Å²) in [6.45, 7) is 6.97. The zero-order chi connectivity index (χ0) is 21.1. The number of hydrogen-bond acceptors (Lipinski definition) is 2. The van der Waals surface area contributed by atoms with E-state index in [2.05, 4.69) is 83.7 Å². The van der Waals surface area contributed by atoms with Crippen LogP contribution in [0.4, 0.5) is 5.69 Å². The number of carbonyl (C=O) groups excluding carboxylic acids is 1. The van der Waals surface area contributed by atoms with Gasteiger partial charge in [0.15, 0.2) is 0 Å². The van der Waals surface area contributed by atoms with Crippen LogP contribution in [-0.4, -0.2) is 16.2 Å². The maximum absolute atomic E-state index is 12.7. The Kier molecular flexibility index (Phi) is 5.96. The van der Waals surface area contributed by atoms with E-state index in [1.807, 2.05) is 19.9 Å². The van der Waals surface area contributed by atoms with Gasteiger partial charge in [0.25, 0.3) is 0 Å². The molecule has 1 amide bonds. The molecule has 0 bridgehead atoms. The molecule has 3 aromatic carbocycles. The van der Waals surface area contributed by atoms with Crippen molar-refractivity contribution in [2.45, 2.75) is 32.2 Å². The van der Waals surface area contributed by atoms with Gasteiger partial charge >= 0.3 is 0 Å². The van der Waals surface area contributed by atoms with Gasteiger partial charge in [-0.3, -0.25) is 4.79 Å². The van der Waals surface area contributed by atoms with Gasteiger partial charge in [-0.05, 0) is 43.5 Å². The molecule has 0 aliphatic heterocycles. The number of para-hydroxylation sites is 1. The summed E-state index contributed by atoms with van der Waals surface area (Å²) in [7, 11) is 0. The van der Waals surface area contributed by atoms with E-state index in [4.69, 9.17) is 0 Å². The summed E-state index contributed by atoms with van der Waals surface area (Å²) in [5, 5.41) is 4.29. The first-order valence-corrected chi connectivity index (χ1v) is 11.1. The van der Waals surface area contributed by atoms with Gasteiger partial charge in [-0.1, -0.05) is 66.2 Å². The van der Waals surface area contributed by atoms with Gasteiger partial charge in [0.2, 0.25) is 5.91 Å². The van der Waals surface area contributed by atoms with Crippen LogP contribution in [0.1, 0.15) is 22.3 Å². The smallest absolute Gasteiger partial charge is 0.234 e. The first kappa shape index (κ1) is 20.3. The molecule has 1 aromatic heterocycles. The van der Waals surface area contributed by atoms with E-state index in [1.165, 1.54) is 22.0 Å². The highest BCUT2D eigenvalue weighted by Crippen LogP contribution is 2.31. The van der Waals surface area contributed by atoms with Gasteiger partial charge in [0, 0.05) is 34.2 Å². The van der Waals surface area contributed by atoms with Crippen LogP contribution >= 0.6 is 11.8 Å². The molecule has 4 heteroatoms. The summed E-state index contributed by atoms with van der Waals surface area (Å²) in [5.74, 6) is 0.404. The van der Waals surface area contributed by atoms with Gasteiger partial charge < -0.3 is 9.88 Å². The maximum atomic E-state index is 12.7. The number of thioether (sulfide) groups is 1. The van der Waals surface area contributed by atoms with Crippen LogP contribution in [0.5, 0.6) is 0 Å². The standard InChI is InChI=1S/C26H26N2OS/c1-18-13-19(2)26(20(3)14-18)27-25(29)17-30-24-16-28(15-21-9-5-4-6-10-21)23-12-8-7-11-22(23)24/h4-14,16H,15,17H2,1-3H3,(H,27,29). The lowest BCUT2D eigenvalue weighted by Gasteiger charge is -2.12. The number of rotatable bonds is 6. The molecule has 0 aliphatic rings. The number of nitrogens with zero attached hydrogens (tertiary/aromatic N) is 1. The fraction of sp³-hybridized carbons (Fsp3) is 0.192. The van der Waals surface area contributed by atoms with Crippen molar-refractivity contribution >= 4 is 34.3 Å². The number of amides is 1. The minimum absolute atomic E-state index is 0.0231. The average molecular weight is 415 g/mol. The van der Waals surface area contributed by atoms with Crippen LogP contribution in [-0.2, 0) is 11.3 Å². The van der Waals surface area contributed by atoms with E-state index < -0.39 is 0 Å². The third-order valence-corrected chi connectivity index (χ3v) is 6.29. The monoisotopic (exact) mass is 414 g/mol. The second kappa shape index (κ2) is 8.80. The molecule has 3 nitrogen and oxygen atoms in total. The van der Waals surface area contributed by atoms with E-state index in [0.29, 0.717) is 5.75 Å². The summed E-state index contributed by atoms with van der Waals surface area (Å²) >= 11 is 1.59. The molecule has 0 radical (unpaired) electrons. The third-order valence-electron chi connectivity index (χ3n) is 5.25. The zero-order valence-corrected chi connectivity index (χ0v) is 18.4. The molecule has 4 aromatic rings. The molecule has 0 spiro atoms. The highest BCUT2D eigenvalue weighted by molar-refractivity contribution is 8.00. The number of hydrogen-bond donors (Lipinski definition) is 1. The van der Waals surface area contributed by atoms with Crippen molar-refractivity contribution in [1.82, 2.24) is 4.57 Å². The average Bonchev–Trinajstić information content (AvgIpc) is 3.07. The van der Waals surface area contributed by atoms with Gasteiger partial charge in [0.1, 0.15) is 0 Å². The van der Waals surface area contributed by atoms with Gasteiger partial charge in [-0.2, -0.15) is 0 Å². The molecule has 152 valence electrons. The van der Waals surface area contributed by atoms with Gasteiger partial charge in [-0.15, -0.1) is 11.8 Å². The van der Waals surface area contributed by atoms with Crippen molar-refractivity contribution in [2.75, 3.05) is 11.1 Å². The van der Waals surface area contributed by atoms with Crippen LogP contribution in [0.15, 0.2) is 77.8 Å². The summed E-state index contributed by atoms with van der Waals surface area (Å²) in [5.41, 5.74) is 6.80. The molecule has 4 rings (SSSR count). The number of anilines is 1. The molecule has 0 aliphatic carbocycles. The predicted molar refractivity (Wildman–Crippen MR) is 127 cm³/mol. The molecular weight excluding hydrogens is 388 g/mol. The minimum Gasteiger partial charge on any atom is -0.342 e. The van der Waals surface area contributed by atoms with Crippen LogP contribution in [0, 0.1) is 20.8 Å². The second-order valence-corrected chi connectivity index (χ2v) is 8.75. The molecule has 0 atom stereocenters. The molecular formula is C26H26N2OS. The van der Waals surface area contributed by atoms with Gasteiger partial charge in [-0.25, -0.2) is 0 Å². The number of benzene rings is 3. The lowest BCUT2D eigenvalue weighted by Crippen LogP contribution is -2.15. The summed E-state index contributed by atoms with van der Waals surface area (Å²) < 4.78 is 2.26. The van der Waals surface area contributed by atoms with Crippen LogP contribution < -0.4 is 5.32 Å². The van der Waals surface area contributed by atoms with Crippen molar-refractivity contribution in [1.29, 1.82) is 0 Å². The number of aromatic nitrogens is 1. The lowest BCUT2D eigenvalue weighted by molar-refractivity contribution is -0.113. The number of fused-ring (bicyclic) bond motifs is 1. The molecule has 0 saturated heterocycles. The Hall–Kier alpha value is -2.98. The van der Waals surface area contributed by atoms with E-state index in [1.54, 1.807) is 11.8 Å². The van der Waals surface area contributed by atoms with Crippen molar-refractivity contribution in [2.24, 2.45) is 0 Å². The maximum Gasteiger partial charge on any atom is 0.234 e. The summed E-state index contributed by atoms with van der Waals surface area (Å²) in [6, 6.07) is 23.0. The first-order chi connectivity index (χ1) is 14.5. The predicted octanol–water partition coefficient (Wildman–Crippen LogP) is 6.35. The Bertz CT molecular complexity index is 1170. The molecule has 30 heavy (non-hydrogen) atoms. The molecule has 0 saturated carbocycles. The normalized spacial score (nSPS) is 11.0. The highest BCUT2D eigenvalue weighted by Gasteiger charge is 2.13. The zero-order valence-electron chi connectivity index (χ0n) is 17.6. The minimum atomic E-state index is 0.0231. The number of aryl methyl sites for hydroxylation is 3. The Morgan fingerprint density at radius 1 is 0.933 bits per heavy atom. The molecule has 0 unspecified atom stereocenters. The van der Waals surface area contributed by atoms with Gasteiger partial charge in [0.05, 0.1) is 5.75 Å². The van der Waals surface area contributed by atoms with E-state index in [9.17, 15) is 4.79 Å². The topological polar surface area (TPSA) is 34.0 Å². The highest BCUT2D eigenvalue weighted by atomic mass is 32.2. The van der Waals surface area contributed by atoms with Crippen molar-refractivity contribution < 1.29 is 4.79 Å². The Labute approximate surface area is 182 Å². The molecule has 1 N–H and O–H groups in total. The fourth-order valence-corrected chi connectivity index (χ4v) is 4.82. The summed E-state index contributed by atoms with van der Waals surface area (Å²) in [4.78, 5) is 13.8.